The number of benzene rings is 3. The predicted octanol–water partition coefficient (Wildman–Crippen LogP) is 5.76. The van der Waals surface area contributed by atoms with Gasteiger partial charge in [0.05, 0.1) is 22.5 Å². The number of carbonyl (C=O) groups is 1. The number of phenolic OH excluding ortho intramolecular Hbond substituents is 1. The molecule has 0 saturated carbocycles. The number of hydrogen-bond acceptors (Lipinski definition) is 5. The Labute approximate surface area is 206 Å². The highest BCUT2D eigenvalue weighted by atomic mass is 127. The topological polar surface area (TPSA) is 80.2 Å². The number of carbonyl (C=O) groups excluding carboxylic acids is 1. The fourth-order valence-corrected chi connectivity index (χ4v) is 3.97. The molecule has 0 radical (unpaired) electrons. The van der Waals surface area contributed by atoms with Crippen LogP contribution in [0, 0.1) is 3.57 Å². The zero-order valence-electron chi connectivity index (χ0n) is 16.2. The van der Waals surface area contributed by atoms with Crippen LogP contribution >= 0.6 is 50.1 Å². The number of ether oxygens (including phenoxy) is 2. The summed E-state index contributed by atoms with van der Waals surface area (Å²) >= 11 is 11.6. The summed E-state index contributed by atoms with van der Waals surface area (Å²) in [4.78, 5) is 12.2. The summed E-state index contributed by atoms with van der Waals surface area (Å²) in [6, 6.07) is 15.6. The van der Waals surface area contributed by atoms with Crippen molar-refractivity contribution in [1.29, 1.82) is 0 Å². The number of rotatable bonds is 7. The van der Waals surface area contributed by atoms with Crippen molar-refractivity contribution in [2.75, 3.05) is 7.11 Å². The van der Waals surface area contributed by atoms with Crippen molar-refractivity contribution in [3.63, 3.8) is 0 Å². The van der Waals surface area contributed by atoms with E-state index in [-0.39, 0.29) is 11.3 Å². The Hall–Kier alpha value is -2.30. The number of phenols is 1. The molecule has 0 aliphatic carbocycles. The average Bonchev–Trinajstić information content (AvgIpc) is 2.75. The lowest BCUT2D eigenvalue weighted by Crippen LogP contribution is -2.17. The molecular formula is C22H17BrClIN2O4. The van der Waals surface area contributed by atoms with E-state index in [4.69, 9.17) is 21.1 Å². The summed E-state index contributed by atoms with van der Waals surface area (Å²) in [5.74, 6) is 0.447. The number of hydrogen-bond donors (Lipinski definition) is 2. The maximum atomic E-state index is 12.2. The van der Waals surface area contributed by atoms with Crippen molar-refractivity contribution >= 4 is 62.2 Å². The smallest absolute Gasteiger partial charge is 0.275 e. The largest absolute Gasteiger partial charge is 0.507 e. The Morgan fingerprint density at radius 3 is 2.77 bits per heavy atom. The van der Waals surface area contributed by atoms with Gasteiger partial charge in [0.15, 0.2) is 11.5 Å². The Bertz CT molecular complexity index is 1140. The summed E-state index contributed by atoms with van der Waals surface area (Å²) in [7, 11) is 1.55. The standard InChI is InChI=1S/C22H17BrClIN2O4/c1-30-20-9-13(11-26-27-22(29)16-10-15(23)6-7-19(16)28)8-18(25)21(20)31-12-14-4-2-3-5-17(14)24/h2-11,28H,12H2,1H3,(H,27,29)/b26-11-. The lowest BCUT2D eigenvalue weighted by atomic mass is 10.2. The monoisotopic (exact) mass is 614 g/mol. The van der Waals surface area contributed by atoms with Crippen LogP contribution in [0.25, 0.3) is 0 Å². The minimum atomic E-state index is -0.531. The molecule has 0 aromatic heterocycles. The normalized spacial score (nSPS) is 10.8. The van der Waals surface area contributed by atoms with Gasteiger partial charge in [-0.25, -0.2) is 5.43 Å². The molecule has 1 amide bonds. The second kappa shape index (κ2) is 10.8. The van der Waals surface area contributed by atoms with Gasteiger partial charge in [-0.1, -0.05) is 45.7 Å². The van der Waals surface area contributed by atoms with Crippen LogP contribution < -0.4 is 14.9 Å². The second-order valence-electron chi connectivity index (χ2n) is 6.27. The van der Waals surface area contributed by atoms with E-state index < -0.39 is 5.91 Å². The number of methoxy groups -OCH3 is 1. The second-order valence-corrected chi connectivity index (χ2v) is 8.76. The van der Waals surface area contributed by atoms with Crippen molar-refractivity contribution in [3.05, 3.63) is 84.4 Å². The molecule has 0 atom stereocenters. The molecule has 2 N–H and O–H groups in total. The highest BCUT2D eigenvalue weighted by Crippen LogP contribution is 2.34. The van der Waals surface area contributed by atoms with Gasteiger partial charge in [0.25, 0.3) is 5.91 Å². The highest BCUT2D eigenvalue weighted by molar-refractivity contribution is 14.1. The SMILES string of the molecule is COc1cc(/C=N\NC(=O)c2cc(Br)ccc2O)cc(I)c1OCc1ccccc1Cl. The first kappa shape index (κ1) is 23.4. The molecule has 9 heteroatoms. The van der Waals surface area contributed by atoms with Crippen molar-refractivity contribution in [2.24, 2.45) is 5.10 Å². The third-order valence-corrected chi connectivity index (χ3v) is 5.83. The van der Waals surface area contributed by atoms with E-state index >= 15 is 0 Å². The molecule has 3 aromatic rings. The molecule has 160 valence electrons. The van der Waals surface area contributed by atoms with Gasteiger partial charge in [0, 0.05) is 15.1 Å². The molecule has 0 spiro atoms. The number of nitrogens with zero attached hydrogens (tertiary/aromatic N) is 1. The van der Waals surface area contributed by atoms with Gasteiger partial charge < -0.3 is 14.6 Å². The zero-order chi connectivity index (χ0) is 22.4. The molecule has 3 aromatic carbocycles. The molecular weight excluding hydrogens is 599 g/mol. The minimum absolute atomic E-state index is 0.113. The maximum absolute atomic E-state index is 12.2. The van der Waals surface area contributed by atoms with E-state index in [1.165, 1.54) is 18.3 Å². The molecule has 0 saturated heterocycles. The molecule has 0 unspecified atom stereocenters. The van der Waals surface area contributed by atoms with Crippen LogP contribution in [0.15, 0.2) is 64.2 Å². The summed E-state index contributed by atoms with van der Waals surface area (Å²) in [5, 5.41) is 14.4. The van der Waals surface area contributed by atoms with E-state index in [1.54, 1.807) is 19.2 Å². The van der Waals surface area contributed by atoms with Crippen LogP contribution in [0.3, 0.4) is 0 Å². The zero-order valence-corrected chi connectivity index (χ0v) is 20.7. The van der Waals surface area contributed by atoms with Gasteiger partial charge >= 0.3 is 0 Å². The molecule has 3 rings (SSSR count). The number of hydrazone groups is 1. The summed E-state index contributed by atoms with van der Waals surface area (Å²) in [6.07, 6.45) is 1.48. The van der Waals surface area contributed by atoms with E-state index in [9.17, 15) is 9.90 Å². The van der Waals surface area contributed by atoms with Gasteiger partial charge in [-0.15, -0.1) is 0 Å². The first-order chi connectivity index (χ1) is 14.9. The van der Waals surface area contributed by atoms with Crippen LogP contribution in [0.5, 0.6) is 17.2 Å². The summed E-state index contributed by atoms with van der Waals surface area (Å²) < 4.78 is 12.9. The van der Waals surface area contributed by atoms with Crippen LogP contribution in [0.1, 0.15) is 21.5 Å². The molecule has 0 heterocycles. The van der Waals surface area contributed by atoms with Crippen LogP contribution in [0.4, 0.5) is 0 Å². The van der Waals surface area contributed by atoms with Gasteiger partial charge in [-0.05, 0) is 64.6 Å². The number of aromatic hydroxyl groups is 1. The van der Waals surface area contributed by atoms with Crippen molar-refractivity contribution in [2.45, 2.75) is 6.61 Å². The lowest BCUT2D eigenvalue weighted by molar-refractivity contribution is 0.0952. The lowest BCUT2D eigenvalue weighted by Gasteiger charge is -2.14. The van der Waals surface area contributed by atoms with E-state index in [0.29, 0.717) is 33.2 Å². The van der Waals surface area contributed by atoms with Crippen LogP contribution in [-0.2, 0) is 6.61 Å². The Kier molecular flexibility index (Phi) is 8.16. The molecule has 0 aliphatic rings. The van der Waals surface area contributed by atoms with E-state index in [1.807, 2.05) is 30.3 Å². The van der Waals surface area contributed by atoms with Gasteiger partial charge in [0.1, 0.15) is 12.4 Å². The van der Waals surface area contributed by atoms with Crippen molar-refractivity contribution in [1.82, 2.24) is 5.43 Å². The Balaban J connectivity index is 1.72. The fourth-order valence-electron chi connectivity index (χ4n) is 2.64. The highest BCUT2D eigenvalue weighted by Gasteiger charge is 2.13. The number of halogens is 3. The first-order valence-corrected chi connectivity index (χ1v) is 11.2. The molecule has 0 bridgehead atoms. The number of nitrogens with one attached hydrogen (secondary N) is 1. The quantitative estimate of drug-likeness (QED) is 0.201. The minimum Gasteiger partial charge on any atom is -0.507 e. The van der Waals surface area contributed by atoms with Crippen LogP contribution in [0.2, 0.25) is 5.02 Å². The maximum Gasteiger partial charge on any atom is 0.275 e. The third kappa shape index (κ3) is 6.11. The van der Waals surface area contributed by atoms with E-state index in [0.717, 1.165) is 9.13 Å². The first-order valence-electron chi connectivity index (χ1n) is 8.94. The molecule has 0 fully saturated rings. The molecule has 6 nitrogen and oxygen atoms in total. The number of amides is 1. The molecule has 0 aliphatic heterocycles. The Morgan fingerprint density at radius 1 is 1.26 bits per heavy atom. The van der Waals surface area contributed by atoms with Gasteiger partial charge in [-0.3, -0.25) is 4.79 Å². The fraction of sp³-hybridized carbons (Fsp3) is 0.0909. The van der Waals surface area contributed by atoms with E-state index in [2.05, 4.69) is 49.0 Å². The van der Waals surface area contributed by atoms with Crippen molar-refractivity contribution < 1.29 is 19.4 Å². The van der Waals surface area contributed by atoms with Crippen molar-refractivity contribution in [3.8, 4) is 17.2 Å². The predicted molar refractivity (Wildman–Crippen MR) is 132 cm³/mol. The average molecular weight is 616 g/mol. The molecule has 31 heavy (non-hydrogen) atoms. The van der Waals surface area contributed by atoms with Gasteiger partial charge in [-0.2, -0.15) is 5.10 Å². The summed E-state index contributed by atoms with van der Waals surface area (Å²) in [5.41, 5.74) is 4.08. The van der Waals surface area contributed by atoms with Crippen LogP contribution in [-0.4, -0.2) is 24.3 Å². The third-order valence-electron chi connectivity index (χ3n) is 4.16. The summed E-state index contributed by atoms with van der Waals surface area (Å²) in [6.45, 7) is 0.297. The Morgan fingerprint density at radius 2 is 2.03 bits per heavy atom. The van der Waals surface area contributed by atoms with Gasteiger partial charge in [0.2, 0.25) is 0 Å².